The van der Waals surface area contributed by atoms with Gasteiger partial charge in [-0.25, -0.2) is 4.98 Å². The first-order chi connectivity index (χ1) is 9.22. The predicted octanol–water partition coefficient (Wildman–Crippen LogP) is 2.48. The maximum absolute atomic E-state index is 12.1. The molecule has 0 saturated heterocycles. The summed E-state index contributed by atoms with van der Waals surface area (Å²) < 4.78 is 0. The molecule has 0 unspecified atom stereocenters. The molecule has 1 aliphatic rings. The third-order valence-corrected chi connectivity index (χ3v) is 5.16. The number of thiazole rings is 1. The lowest BCUT2D eigenvalue weighted by atomic mass is 10.2. The van der Waals surface area contributed by atoms with Gasteiger partial charge in [-0.05, 0) is 30.7 Å². The van der Waals surface area contributed by atoms with Crippen molar-refractivity contribution in [3.8, 4) is 9.88 Å². The second-order valence-electron chi connectivity index (χ2n) is 4.76. The van der Waals surface area contributed by atoms with Crippen LogP contribution in [-0.2, 0) is 0 Å². The van der Waals surface area contributed by atoms with Crippen molar-refractivity contribution in [2.24, 2.45) is 5.73 Å². The number of nitrogens with one attached hydrogen (secondary N) is 1. The van der Waals surface area contributed by atoms with Crippen LogP contribution in [0.25, 0.3) is 9.88 Å². The van der Waals surface area contributed by atoms with Crippen molar-refractivity contribution < 1.29 is 4.79 Å². The number of thiophene rings is 1. The summed E-state index contributed by atoms with van der Waals surface area (Å²) in [6, 6.07) is 4.43. The fourth-order valence-electron chi connectivity index (χ4n) is 2.30. The number of nitrogens with zero attached hydrogens (tertiary/aromatic N) is 1. The van der Waals surface area contributed by atoms with E-state index in [2.05, 4.69) is 10.3 Å². The summed E-state index contributed by atoms with van der Waals surface area (Å²) in [7, 11) is 0. The Labute approximate surface area is 119 Å². The van der Waals surface area contributed by atoms with Crippen molar-refractivity contribution >= 4 is 28.6 Å². The topological polar surface area (TPSA) is 68.0 Å². The zero-order valence-electron chi connectivity index (χ0n) is 10.3. The van der Waals surface area contributed by atoms with Gasteiger partial charge in [0.15, 0.2) is 0 Å². The van der Waals surface area contributed by atoms with Gasteiger partial charge >= 0.3 is 0 Å². The molecule has 19 heavy (non-hydrogen) atoms. The minimum Gasteiger partial charge on any atom is -0.348 e. The van der Waals surface area contributed by atoms with Gasteiger partial charge in [0.1, 0.15) is 10.7 Å². The molecule has 0 aromatic carbocycles. The van der Waals surface area contributed by atoms with Gasteiger partial charge in [-0.2, -0.15) is 0 Å². The van der Waals surface area contributed by atoms with Crippen LogP contribution in [0.5, 0.6) is 0 Å². The van der Waals surface area contributed by atoms with Gasteiger partial charge in [-0.1, -0.05) is 6.07 Å². The van der Waals surface area contributed by atoms with E-state index in [1.807, 2.05) is 22.9 Å². The van der Waals surface area contributed by atoms with Gasteiger partial charge in [0, 0.05) is 17.5 Å². The standard InChI is InChI=1S/C13H15N3OS2/c14-8-3-4-9(6-8)15-12(17)10-7-19-13(16-10)11-2-1-5-18-11/h1-2,5,7-9H,3-4,6,14H2,(H,15,17)/t8-,9-/m0/s1. The fraction of sp³-hybridized carbons (Fsp3) is 0.385. The summed E-state index contributed by atoms with van der Waals surface area (Å²) >= 11 is 3.14. The molecule has 0 radical (unpaired) electrons. The Balaban J connectivity index is 1.67. The van der Waals surface area contributed by atoms with E-state index in [1.165, 1.54) is 11.3 Å². The average molecular weight is 293 g/mol. The molecule has 3 N–H and O–H groups in total. The van der Waals surface area contributed by atoms with Crippen molar-refractivity contribution in [3.05, 3.63) is 28.6 Å². The number of nitrogens with two attached hydrogens (primary N) is 1. The van der Waals surface area contributed by atoms with E-state index in [0.29, 0.717) is 5.69 Å². The van der Waals surface area contributed by atoms with Crippen LogP contribution in [0.2, 0.25) is 0 Å². The highest BCUT2D eigenvalue weighted by atomic mass is 32.1. The predicted molar refractivity (Wildman–Crippen MR) is 78.5 cm³/mol. The highest BCUT2D eigenvalue weighted by Crippen LogP contribution is 2.28. The number of hydrogen-bond acceptors (Lipinski definition) is 5. The summed E-state index contributed by atoms with van der Waals surface area (Å²) in [4.78, 5) is 17.6. The van der Waals surface area contributed by atoms with Gasteiger partial charge in [0.2, 0.25) is 0 Å². The Bertz CT molecular complexity index is 564. The Hall–Kier alpha value is -1.24. The number of amides is 1. The van der Waals surface area contributed by atoms with Crippen molar-refractivity contribution in [3.63, 3.8) is 0 Å². The molecule has 6 heteroatoms. The largest absolute Gasteiger partial charge is 0.348 e. The molecule has 3 rings (SSSR count). The lowest BCUT2D eigenvalue weighted by Crippen LogP contribution is -2.34. The molecule has 1 amide bonds. The number of hydrogen-bond donors (Lipinski definition) is 2. The van der Waals surface area contributed by atoms with E-state index in [-0.39, 0.29) is 18.0 Å². The minimum atomic E-state index is -0.0850. The molecule has 1 saturated carbocycles. The van der Waals surface area contributed by atoms with Crippen LogP contribution in [0, 0.1) is 0 Å². The van der Waals surface area contributed by atoms with Crippen LogP contribution >= 0.6 is 22.7 Å². The molecule has 1 aliphatic carbocycles. The zero-order chi connectivity index (χ0) is 13.2. The lowest BCUT2D eigenvalue weighted by molar-refractivity contribution is 0.0933. The fourth-order valence-corrected chi connectivity index (χ4v) is 3.91. The molecule has 1 fully saturated rings. The minimum absolute atomic E-state index is 0.0850. The number of rotatable bonds is 3. The second kappa shape index (κ2) is 5.40. The Morgan fingerprint density at radius 3 is 3.00 bits per heavy atom. The highest BCUT2D eigenvalue weighted by Gasteiger charge is 2.24. The van der Waals surface area contributed by atoms with E-state index in [9.17, 15) is 4.79 Å². The maximum Gasteiger partial charge on any atom is 0.270 e. The van der Waals surface area contributed by atoms with E-state index in [4.69, 9.17) is 5.73 Å². The van der Waals surface area contributed by atoms with Gasteiger partial charge in [0.25, 0.3) is 5.91 Å². The summed E-state index contributed by atoms with van der Waals surface area (Å²) in [6.45, 7) is 0. The zero-order valence-corrected chi connectivity index (χ0v) is 12.0. The molecule has 2 atom stereocenters. The maximum atomic E-state index is 12.1. The number of aromatic nitrogens is 1. The third-order valence-electron chi connectivity index (χ3n) is 3.28. The highest BCUT2D eigenvalue weighted by molar-refractivity contribution is 7.20. The van der Waals surface area contributed by atoms with Crippen LogP contribution in [0.15, 0.2) is 22.9 Å². The second-order valence-corrected chi connectivity index (χ2v) is 6.56. The number of carbonyl (C=O) groups excluding carboxylic acids is 1. The monoisotopic (exact) mass is 293 g/mol. The van der Waals surface area contributed by atoms with Crippen molar-refractivity contribution in [1.29, 1.82) is 0 Å². The van der Waals surface area contributed by atoms with E-state index < -0.39 is 0 Å². The molecule has 2 aromatic rings. The Morgan fingerprint density at radius 1 is 1.42 bits per heavy atom. The smallest absolute Gasteiger partial charge is 0.270 e. The van der Waals surface area contributed by atoms with E-state index in [1.54, 1.807) is 11.3 Å². The SMILES string of the molecule is N[C@H]1CC[C@H](NC(=O)c2csc(-c3cccs3)n2)C1. The molecule has 0 spiro atoms. The van der Waals surface area contributed by atoms with Gasteiger partial charge in [0.05, 0.1) is 4.88 Å². The van der Waals surface area contributed by atoms with Gasteiger partial charge < -0.3 is 11.1 Å². The van der Waals surface area contributed by atoms with E-state index >= 15 is 0 Å². The van der Waals surface area contributed by atoms with Gasteiger partial charge in [-0.15, -0.1) is 22.7 Å². The molecular formula is C13H15N3OS2. The Kier molecular flexibility index (Phi) is 3.63. The normalized spacial score (nSPS) is 22.6. The first-order valence-electron chi connectivity index (χ1n) is 6.28. The molecule has 4 nitrogen and oxygen atoms in total. The van der Waals surface area contributed by atoms with E-state index in [0.717, 1.165) is 29.1 Å². The molecule has 0 aliphatic heterocycles. The number of carbonyl (C=O) groups is 1. The molecule has 2 aromatic heterocycles. The third kappa shape index (κ3) is 2.86. The molecule has 100 valence electrons. The lowest BCUT2D eigenvalue weighted by Gasteiger charge is -2.10. The van der Waals surface area contributed by atoms with Crippen molar-refractivity contribution in [2.75, 3.05) is 0 Å². The van der Waals surface area contributed by atoms with Crippen molar-refractivity contribution in [1.82, 2.24) is 10.3 Å². The Morgan fingerprint density at radius 2 is 2.32 bits per heavy atom. The van der Waals surface area contributed by atoms with Crippen molar-refractivity contribution in [2.45, 2.75) is 31.3 Å². The quantitative estimate of drug-likeness (QED) is 0.913. The van der Waals surface area contributed by atoms with Crippen LogP contribution in [-0.4, -0.2) is 23.0 Å². The first-order valence-corrected chi connectivity index (χ1v) is 8.04. The molecule has 0 bridgehead atoms. The summed E-state index contributed by atoms with van der Waals surface area (Å²) in [5.74, 6) is -0.0850. The van der Waals surface area contributed by atoms with Crippen LogP contribution < -0.4 is 11.1 Å². The molecule has 2 heterocycles. The summed E-state index contributed by atoms with van der Waals surface area (Å²) in [5, 5.41) is 7.75. The first kappa shape index (κ1) is 12.8. The summed E-state index contributed by atoms with van der Waals surface area (Å²) in [6.07, 6.45) is 2.82. The van der Waals surface area contributed by atoms with Crippen LogP contribution in [0.4, 0.5) is 0 Å². The van der Waals surface area contributed by atoms with Gasteiger partial charge in [-0.3, -0.25) is 4.79 Å². The molecular weight excluding hydrogens is 278 g/mol. The summed E-state index contributed by atoms with van der Waals surface area (Å²) in [5.41, 5.74) is 6.35. The van der Waals surface area contributed by atoms with Crippen LogP contribution in [0.3, 0.4) is 0 Å². The van der Waals surface area contributed by atoms with Crippen LogP contribution in [0.1, 0.15) is 29.8 Å². The average Bonchev–Trinajstić information content (AvgIpc) is 3.08.